The Bertz CT molecular complexity index is 193. The maximum absolute atomic E-state index is 6.07. The lowest BCUT2D eigenvalue weighted by Gasteiger charge is -2.45. The Morgan fingerprint density at radius 2 is 2.00 bits per heavy atom. The highest BCUT2D eigenvalue weighted by Crippen LogP contribution is 2.55. The summed E-state index contributed by atoms with van der Waals surface area (Å²) in [6, 6.07) is 0.463. The third-order valence-electron chi connectivity index (χ3n) is 4.64. The van der Waals surface area contributed by atoms with Gasteiger partial charge in [0.15, 0.2) is 0 Å². The molecule has 2 aliphatic carbocycles. The van der Waals surface area contributed by atoms with Crippen molar-refractivity contribution in [2.75, 3.05) is 6.54 Å². The van der Waals surface area contributed by atoms with Crippen LogP contribution in [0.5, 0.6) is 0 Å². The first kappa shape index (κ1) is 9.47. The molecule has 0 aromatic carbocycles. The van der Waals surface area contributed by atoms with Gasteiger partial charge in [-0.2, -0.15) is 0 Å². The molecule has 76 valence electrons. The Labute approximate surface area is 81.1 Å². The smallest absolute Gasteiger partial charge is 0.00701 e. The SMILES string of the molecule is CC(CN)C1CC2C(C)C(N)CC12. The average Bonchev–Trinajstić information content (AvgIpc) is 2.29. The van der Waals surface area contributed by atoms with E-state index in [0.717, 1.165) is 30.2 Å². The first-order chi connectivity index (χ1) is 6.15. The third kappa shape index (κ3) is 1.31. The summed E-state index contributed by atoms with van der Waals surface area (Å²) in [7, 11) is 0. The molecule has 4 N–H and O–H groups in total. The molecule has 0 amide bonds. The molecular formula is C11H22N2. The lowest BCUT2D eigenvalue weighted by molar-refractivity contribution is 0.0389. The van der Waals surface area contributed by atoms with Crippen molar-refractivity contribution in [2.45, 2.75) is 32.7 Å². The molecular weight excluding hydrogens is 160 g/mol. The van der Waals surface area contributed by atoms with Crippen molar-refractivity contribution >= 4 is 0 Å². The summed E-state index contributed by atoms with van der Waals surface area (Å²) in [5.41, 5.74) is 11.8. The van der Waals surface area contributed by atoms with E-state index >= 15 is 0 Å². The number of rotatable bonds is 2. The van der Waals surface area contributed by atoms with Crippen molar-refractivity contribution < 1.29 is 0 Å². The van der Waals surface area contributed by atoms with Gasteiger partial charge >= 0.3 is 0 Å². The van der Waals surface area contributed by atoms with E-state index in [4.69, 9.17) is 11.5 Å². The highest BCUT2D eigenvalue weighted by molar-refractivity contribution is 5.02. The minimum absolute atomic E-state index is 0.463. The van der Waals surface area contributed by atoms with E-state index in [9.17, 15) is 0 Å². The summed E-state index contributed by atoms with van der Waals surface area (Å²) in [6.45, 7) is 5.45. The lowest BCUT2D eigenvalue weighted by Crippen LogP contribution is -2.41. The molecule has 2 fully saturated rings. The normalized spacial score (nSPS) is 51.2. The van der Waals surface area contributed by atoms with Crippen LogP contribution in [0.3, 0.4) is 0 Å². The summed E-state index contributed by atoms with van der Waals surface area (Å²) in [4.78, 5) is 0. The topological polar surface area (TPSA) is 52.0 Å². The predicted octanol–water partition coefficient (Wildman–Crippen LogP) is 1.20. The molecule has 0 radical (unpaired) electrons. The zero-order valence-corrected chi connectivity index (χ0v) is 8.74. The second kappa shape index (κ2) is 3.25. The fourth-order valence-corrected chi connectivity index (χ4v) is 3.42. The molecule has 2 heteroatoms. The van der Waals surface area contributed by atoms with Crippen LogP contribution in [0.2, 0.25) is 0 Å². The van der Waals surface area contributed by atoms with Crippen LogP contribution in [-0.4, -0.2) is 12.6 Å². The fraction of sp³-hybridized carbons (Fsp3) is 1.00. The van der Waals surface area contributed by atoms with E-state index in [2.05, 4.69) is 13.8 Å². The van der Waals surface area contributed by atoms with Gasteiger partial charge < -0.3 is 11.5 Å². The van der Waals surface area contributed by atoms with Gasteiger partial charge in [0, 0.05) is 6.04 Å². The van der Waals surface area contributed by atoms with Crippen molar-refractivity contribution in [3.05, 3.63) is 0 Å². The number of hydrogen-bond acceptors (Lipinski definition) is 2. The molecule has 2 rings (SSSR count). The van der Waals surface area contributed by atoms with Gasteiger partial charge in [0.25, 0.3) is 0 Å². The Morgan fingerprint density at radius 3 is 2.54 bits per heavy atom. The summed E-state index contributed by atoms with van der Waals surface area (Å²) >= 11 is 0. The van der Waals surface area contributed by atoms with E-state index in [1.165, 1.54) is 12.8 Å². The van der Waals surface area contributed by atoms with Crippen LogP contribution >= 0.6 is 0 Å². The standard InChI is InChI=1S/C11H22N2/c1-6(5-12)8-3-9-7(2)11(13)4-10(8)9/h6-11H,3-5,12-13H2,1-2H3. The second-order valence-electron chi connectivity index (χ2n) is 5.20. The first-order valence-electron chi connectivity index (χ1n) is 5.60. The zero-order chi connectivity index (χ0) is 9.59. The van der Waals surface area contributed by atoms with Gasteiger partial charge in [-0.1, -0.05) is 13.8 Å². The molecule has 0 aliphatic heterocycles. The molecule has 6 unspecified atom stereocenters. The van der Waals surface area contributed by atoms with Gasteiger partial charge in [0.05, 0.1) is 0 Å². The fourth-order valence-electron chi connectivity index (χ4n) is 3.42. The molecule has 2 nitrogen and oxygen atoms in total. The average molecular weight is 182 g/mol. The minimum Gasteiger partial charge on any atom is -0.330 e. The van der Waals surface area contributed by atoms with Gasteiger partial charge in [-0.3, -0.25) is 0 Å². The number of hydrogen-bond donors (Lipinski definition) is 2. The van der Waals surface area contributed by atoms with Crippen LogP contribution in [0.4, 0.5) is 0 Å². The van der Waals surface area contributed by atoms with Gasteiger partial charge in [-0.05, 0) is 49.0 Å². The maximum Gasteiger partial charge on any atom is 0.00701 e. The second-order valence-corrected chi connectivity index (χ2v) is 5.20. The van der Waals surface area contributed by atoms with Crippen LogP contribution < -0.4 is 11.5 Å². The molecule has 6 atom stereocenters. The Balaban J connectivity index is 1.96. The number of fused-ring (bicyclic) bond motifs is 1. The minimum atomic E-state index is 0.463. The number of nitrogens with two attached hydrogens (primary N) is 2. The molecule has 0 bridgehead atoms. The van der Waals surface area contributed by atoms with Crippen LogP contribution in [0, 0.1) is 29.6 Å². The Kier molecular flexibility index (Phi) is 2.37. The maximum atomic E-state index is 6.07. The monoisotopic (exact) mass is 182 g/mol. The summed E-state index contributed by atoms with van der Waals surface area (Å²) in [5.74, 6) is 4.17. The molecule has 13 heavy (non-hydrogen) atoms. The molecule has 0 aromatic rings. The largest absolute Gasteiger partial charge is 0.330 e. The molecule has 0 spiro atoms. The highest BCUT2D eigenvalue weighted by atomic mass is 14.7. The quantitative estimate of drug-likeness (QED) is 0.674. The van der Waals surface area contributed by atoms with Crippen LogP contribution in [0.1, 0.15) is 26.7 Å². The third-order valence-corrected chi connectivity index (χ3v) is 4.64. The summed E-state index contributed by atoms with van der Waals surface area (Å²) in [6.07, 6.45) is 2.64. The Morgan fingerprint density at radius 1 is 1.31 bits per heavy atom. The van der Waals surface area contributed by atoms with E-state index < -0.39 is 0 Å². The van der Waals surface area contributed by atoms with Gasteiger partial charge in [-0.25, -0.2) is 0 Å². The predicted molar refractivity (Wildman–Crippen MR) is 55.1 cm³/mol. The van der Waals surface area contributed by atoms with Crippen molar-refractivity contribution in [3.63, 3.8) is 0 Å². The molecule has 0 saturated heterocycles. The van der Waals surface area contributed by atoms with Crippen molar-refractivity contribution in [2.24, 2.45) is 41.1 Å². The molecule has 0 heterocycles. The van der Waals surface area contributed by atoms with Crippen molar-refractivity contribution in [1.29, 1.82) is 0 Å². The van der Waals surface area contributed by atoms with E-state index in [1.807, 2.05) is 0 Å². The van der Waals surface area contributed by atoms with Crippen LogP contribution in [-0.2, 0) is 0 Å². The first-order valence-corrected chi connectivity index (χ1v) is 5.60. The van der Waals surface area contributed by atoms with E-state index in [1.54, 1.807) is 0 Å². The zero-order valence-electron chi connectivity index (χ0n) is 8.74. The van der Waals surface area contributed by atoms with Gasteiger partial charge in [0.1, 0.15) is 0 Å². The van der Waals surface area contributed by atoms with Crippen molar-refractivity contribution in [3.8, 4) is 0 Å². The molecule has 0 aromatic heterocycles. The van der Waals surface area contributed by atoms with Gasteiger partial charge in [0.2, 0.25) is 0 Å². The van der Waals surface area contributed by atoms with E-state index in [-0.39, 0.29) is 0 Å². The van der Waals surface area contributed by atoms with Gasteiger partial charge in [-0.15, -0.1) is 0 Å². The summed E-state index contributed by atoms with van der Waals surface area (Å²) in [5, 5.41) is 0. The van der Waals surface area contributed by atoms with Crippen LogP contribution in [0.15, 0.2) is 0 Å². The van der Waals surface area contributed by atoms with E-state index in [0.29, 0.717) is 12.0 Å². The molecule has 2 saturated carbocycles. The Hall–Kier alpha value is -0.0800. The molecule has 2 aliphatic rings. The summed E-state index contributed by atoms with van der Waals surface area (Å²) < 4.78 is 0. The lowest BCUT2D eigenvalue weighted by atomic mass is 9.60. The highest BCUT2D eigenvalue weighted by Gasteiger charge is 2.51. The van der Waals surface area contributed by atoms with Crippen LogP contribution in [0.25, 0.3) is 0 Å². The van der Waals surface area contributed by atoms with Crippen molar-refractivity contribution in [1.82, 2.24) is 0 Å².